The van der Waals surface area contributed by atoms with Gasteiger partial charge in [-0.15, -0.1) is 10.2 Å². The molecule has 1 N–H and O–H groups in total. The van der Waals surface area contributed by atoms with Crippen LogP contribution >= 0.6 is 0 Å². The van der Waals surface area contributed by atoms with Crippen molar-refractivity contribution in [3.05, 3.63) is 48.8 Å². The zero-order valence-corrected chi connectivity index (χ0v) is 13.1. The normalized spacial score (nSPS) is 10.4. The minimum Gasteiger partial charge on any atom is -0.492 e. The molecule has 0 saturated carbocycles. The number of aromatic nitrogens is 5. The van der Waals surface area contributed by atoms with E-state index < -0.39 is 0 Å². The molecule has 3 aromatic rings. The Morgan fingerprint density at radius 3 is 2.92 bits per heavy atom. The molecule has 122 valence electrons. The van der Waals surface area contributed by atoms with Gasteiger partial charge in [0.25, 0.3) is 0 Å². The molecule has 0 unspecified atom stereocenters. The molecule has 8 heteroatoms. The Morgan fingerprint density at radius 1 is 1.25 bits per heavy atom. The lowest BCUT2D eigenvalue weighted by molar-refractivity contribution is -0.117. The molecule has 24 heavy (non-hydrogen) atoms. The standard InChI is InChI=1S/C16H16N6O2/c1-2-24-14-8-4-3-7-13(14)18-15(23)11-22-20-16(19-21-22)12-6-5-9-17-10-12/h3-10H,2,11H2,1H3,(H,18,23). The summed E-state index contributed by atoms with van der Waals surface area (Å²) in [6, 6.07) is 10.9. The number of benzene rings is 1. The van der Waals surface area contributed by atoms with Crippen LogP contribution in [0.15, 0.2) is 48.8 Å². The molecule has 0 aliphatic rings. The van der Waals surface area contributed by atoms with Gasteiger partial charge in [-0.1, -0.05) is 12.1 Å². The van der Waals surface area contributed by atoms with E-state index in [1.807, 2.05) is 25.1 Å². The van der Waals surface area contributed by atoms with Crippen LogP contribution in [0.3, 0.4) is 0 Å². The number of hydrogen-bond donors (Lipinski definition) is 1. The number of ether oxygens (including phenoxy) is 1. The highest BCUT2D eigenvalue weighted by Crippen LogP contribution is 2.23. The molecule has 0 aliphatic carbocycles. The number of anilines is 1. The van der Waals surface area contributed by atoms with E-state index in [-0.39, 0.29) is 12.5 Å². The molecule has 2 heterocycles. The Balaban J connectivity index is 1.67. The van der Waals surface area contributed by atoms with Crippen LogP contribution in [0, 0.1) is 0 Å². The second-order valence-electron chi connectivity index (χ2n) is 4.86. The van der Waals surface area contributed by atoms with Gasteiger partial charge in [-0.2, -0.15) is 4.80 Å². The van der Waals surface area contributed by atoms with Crippen LogP contribution in [0.1, 0.15) is 6.92 Å². The third-order valence-electron chi connectivity index (χ3n) is 3.12. The van der Waals surface area contributed by atoms with Crippen molar-refractivity contribution in [1.82, 2.24) is 25.2 Å². The Bertz CT molecular complexity index is 818. The van der Waals surface area contributed by atoms with Gasteiger partial charge in [-0.25, -0.2) is 0 Å². The van der Waals surface area contributed by atoms with E-state index in [9.17, 15) is 4.79 Å². The first-order valence-corrected chi connectivity index (χ1v) is 7.46. The second kappa shape index (κ2) is 7.32. The zero-order chi connectivity index (χ0) is 16.8. The highest BCUT2D eigenvalue weighted by molar-refractivity contribution is 5.91. The molecule has 1 amide bonds. The van der Waals surface area contributed by atoms with Crippen LogP contribution in [-0.2, 0) is 11.3 Å². The number of rotatable bonds is 6. The minimum absolute atomic E-state index is 0.0479. The molecule has 0 saturated heterocycles. The molecule has 2 aromatic heterocycles. The lowest BCUT2D eigenvalue weighted by Crippen LogP contribution is -2.20. The number of para-hydroxylation sites is 2. The smallest absolute Gasteiger partial charge is 0.248 e. The average molecular weight is 324 g/mol. The number of carbonyl (C=O) groups is 1. The monoisotopic (exact) mass is 324 g/mol. The van der Waals surface area contributed by atoms with Gasteiger partial charge in [0.05, 0.1) is 12.3 Å². The first-order valence-electron chi connectivity index (χ1n) is 7.46. The summed E-state index contributed by atoms with van der Waals surface area (Å²) in [6.45, 7) is 2.36. The molecule has 0 radical (unpaired) electrons. The second-order valence-corrected chi connectivity index (χ2v) is 4.86. The molecule has 1 aromatic carbocycles. The van der Waals surface area contributed by atoms with Crippen molar-refractivity contribution in [3.63, 3.8) is 0 Å². The van der Waals surface area contributed by atoms with E-state index in [4.69, 9.17) is 4.74 Å². The lowest BCUT2D eigenvalue weighted by atomic mass is 10.3. The summed E-state index contributed by atoms with van der Waals surface area (Å²) in [6.07, 6.45) is 3.30. The van der Waals surface area contributed by atoms with E-state index in [1.54, 1.807) is 30.6 Å². The first-order chi connectivity index (χ1) is 11.8. The van der Waals surface area contributed by atoms with Gasteiger partial charge in [0.1, 0.15) is 12.3 Å². The highest BCUT2D eigenvalue weighted by Gasteiger charge is 2.11. The lowest BCUT2D eigenvalue weighted by Gasteiger charge is -2.10. The number of pyridine rings is 1. The Hall–Kier alpha value is -3.29. The molecule has 0 atom stereocenters. The predicted octanol–water partition coefficient (Wildman–Crippen LogP) is 1.77. The van der Waals surface area contributed by atoms with Crippen LogP contribution in [0.2, 0.25) is 0 Å². The molecular formula is C16H16N6O2. The maximum Gasteiger partial charge on any atom is 0.248 e. The summed E-state index contributed by atoms with van der Waals surface area (Å²) in [4.78, 5) is 17.4. The van der Waals surface area contributed by atoms with Crippen molar-refractivity contribution in [2.24, 2.45) is 0 Å². The largest absolute Gasteiger partial charge is 0.492 e. The van der Waals surface area contributed by atoms with E-state index >= 15 is 0 Å². The minimum atomic E-state index is -0.266. The van der Waals surface area contributed by atoms with Gasteiger partial charge in [0, 0.05) is 18.0 Å². The number of nitrogens with zero attached hydrogens (tertiary/aromatic N) is 5. The topological polar surface area (TPSA) is 94.8 Å². The number of nitrogens with one attached hydrogen (secondary N) is 1. The third kappa shape index (κ3) is 3.72. The fraction of sp³-hybridized carbons (Fsp3) is 0.188. The summed E-state index contributed by atoms with van der Waals surface area (Å²) in [5, 5.41) is 14.8. The van der Waals surface area contributed by atoms with Crippen molar-refractivity contribution in [2.75, 3.05) is 11.9 Å². The number of tetrazole rings is 1. The van der Waals surface area contributed by atoms with Crippen LogP contribution < -0.4 is 10.1 Å². The third-order valence-corrected chi connectivity index (χ3v) is 3.12. The maximum atomic E-state index is 12.2. The van der Waals surface area contributed by atoms with E-state index in [0.717, 1.165) is 5.56 Å². The number of carbonyl (C=O) groups excluding carboxylic acids is 1. The summed E-state index contributed by atoms with van der Waals surface area (Å²) in [5.41, 5.74) is 1.35. The van der Waals surface area contributed by atoms with Gasteiger partial charge >= 0.3 is 0 Å². The van der Waals surface area contributed by atoms with Crippen LogP contribution in [-0.4, -0.2) is 37.7 Å². The highest BCUT2D eigenvalue weighted by atomic mass is 16.5. The molecule has 0 bridgehead atoms. The van der Waals surface area contributed by atoms with Gasteiger partial charge in [0.2, 0.25) is 11.7 Å². The van der Waals surface area contributed by atoms with Crippen molar-refractivity contribution >= 4 is 11.6 Å². The van der Waals surface area contributed by atoms with Gasteiger partial charge in [-0.3, -0.25) is 9.78 Å². The molecule has 8 nitrogen and oxygen atoms in total. The van der Waals surface area contributed by atoms with Crippen molar-refractivity contribution in [3.8, 4) is 17.1 Å². The van der Waals surface area contributed by atoms with Crippen molar-refractivity contribution < 1.29 is 9.53 Å². The molecular weight excluding hydrogens is 308 g/mol. The first kappa shape index (κ1) is 15.6. The SMILES string of the molecule is CCOc1ccccc1NC(=O)Cn1nnc(-c2cccnc2)n1. The molecule has 0 spiro atoms. The van der Waals surface area contributed by atoms with Crippen LogP contribution in [0.25, 0.3) is 11.4 Å². The van der Waals surface area contributed by atoms with Crippen molar-refractivity contribution in [1.29, 1.82) is 0 Å². The Labute approximate surface area is 138 Å². The quantitative estimate of drug-likeness (QED) is 0.742. The van der Waals surface area contributed by atoms with Gasteiger partial charge < -0.3 is 10.1 Å². The predicted molar refractivity (Wildman–Crippen MR) is 87.3 cm³/mol. The summed E-state index contributed by atoms with van der Waals surface area (Å²) < 4.78 is 5.48. The van der Waals surface area contributed by atoms with E-state index in [1.165, 1.54) is 4.80 Å². The Morgan fingerprint density at radius 2 is 2.12 bits per heavy atom. The number of hydrogen-bond acceptors (Lipinski definition) is 6. The van der Waals surface area contributed by atoms with Crippen molar-refractivity contribution in [2.45, 2.75) is 13.5 Å². The Kier molecular flexibility index (Phi) is 4.76. The molecule has 0 fully saturated rings. The molecule has 0 aliphatic heterocycles. The van der Waals surface area contributed by atoms with E-state index in [2.05, 4.69) is 25.7 Å². The summed E-state index contributed by atoms with van der Waals surface area (Å²) in [7, 11) is 0. The number of amides is 1. The molecule has 3 rings (SSSR count). The maximum absolute atomic E-state index is 12.2. The summed E-state index contributed by atoms with van der Waals surface area (Å²) >= 11 is 0. The summed E-state index contributed by atoms with van der Waals surface area (Å²) in [5.74, 6) is 0.777. The van der Waals surface area contributed by atoms with Gasteiger partial charge in [-0.05, 0) is 36.4 Å². The van der Waals surface area contributed by atoms with E-state index in [0.29, 0.717) is 23.9 Å². The fourth-order valence-corrected chi connectivity index (χ4v) is 2.09. The fourth-order valence-electron chi connectivity index (χ4n) is 2.09. The van der Waals surface area contributed by atoms with Crippen LogP contribution in [0.5, 0.6) is 5.75 Å². The van der Waals surface area contributed by atoms with Gasteiger partial charge in [0.15, 0.2) is 0 Å². The average Bonchev–Trinajstić information content (AvgIpc) is 3.06. The zero-order valence-electron chi connectivity index (χ0n) is 13.1. The van der Waals surface area contributed by atoms with Crippen LogP contribution in [0.4, 0.5) is 5.69 Å².